The van der Waals surface area contributed by atoms with E-state index in [4.69, 9.17) is 0 Å². The Morgan fingerprint density at radius 2 is 1.86 bits per heavy atom. The summed E-state index contributed by atoms with van der Waals surface area (Å²) in [5, 5.41) is 21.6. The minimum Gasteiger partial charge on any atom is -0.365 e. The van der Waals surface area contributed by atoms with Gasteiger partial charge in [0.1, 0.15) is 11.6 Å². The van der Waals surface area contributed by atoms with Gasteiger partial charge in [-0.05, 0) is 44.1 Å². The molecule has 0 aromatic carbocycles. The van der Waals surface area contributed by atoms with Crippen molar-refractivity contribution in [2.75, 3.05) is 18.4 Å². The molecule has 1 saturated carbocycles. The second-order valence-corrected chi connectivity index (χ2v) is 6.35. The number of aryl methyl sites for hydroxylation is 1. The molecule has 2 heterocycles. The number of nitrogens with zero attached hydrogens (tertiary/aromatic N) is 4. The molecule has 5 heteroatoms. The van der Waals surface area contributed by atoms with Gasteiger partial charge in [-0.15, -0.1) is 5.10 Å². The second kappa shape index (κ2) is 6.62. The standard InChI is InChI=1S/C17H25N5/c1-3-14-15(11-18)17(21-20-16(14)4-2)19-12-7-9-22(10-8-12)13-5-6-13/h12-13H,3-10H2,1-2H3,(H,19,21). The third-order valence-electron chi connectivity index (χ3n) is 4.89. The van der Waals surface area contributed by atoms with Crippen LogP contribution in [0.2, 0.25) is 0 Å². The summed E-state index contributed by atoms with van der Waals surface area (Å²) in [6.07, 6.45) is 6.66. The van der Waals surface area contributed by atoms with Crippen LogP contribution in [0.15, 0.2) is 0 Å². The highest BCUT2D eigenvalue weighted by molar-refractivity contribution is 5.57. The van der Waals surface area contributed by atoms with Crippen molar-refractivity contribution < 1.29 is 0 Å². The molecule has 1 aromatic rings. The highest BCUT2D eigenvalue weighted by Gasteiger charge is 2.32. The molecule has 0 radical (unpaired) electrons. The van der Waals surface area contributed by atoms with Gasteiger partial charge in [0.2, 0.25) is 0 Å². The summed E-state index contributed by atoms with van der Waals surface area (Å²) in [6, 6.07) is 3.60. The molecular formula is C17H25N5. The molecule has 2 fully saturated rings. The first-order chi connectivity index (χ1) is 10.8. The molecule has 0 unspecified atom stereocenters. The molecule has 1 aliphatic carbocycles. The molecule has 2 aliphatic rings. The van der Waals surface area contributed by atoms with Gasteiger partial charge >= 0.3 is 0 Å². The SMILES string of the molecule is CCc1nnc(NC2CCN(C3CC3)CC2)c(C#N)c1CC. The summed E-state index contributed by atoms with van der Waals surface area (Å²) in [6.45, 7) is 6.45. The number of piperidine rings is 1. The van der Waals surface area contributed by atoms with Crippen molar-refractivity contribution in [3.05, 3.63) is 16.8 Å². The summed E-state index contributed by atoms with van der Waals surface area (Å²) in [7, 11) is 0. The number of hydrogen-bond donors (Lipinski definition) is 1. The van der Waals surface area contributed by atoms with Crippen LogP contribution in [0, 0.1) is 11.3 Å². The van der Waals surface area contributed by atoms with Crippen molar-refractivity contribution in [3.63, 3.8) is 0 Å². The predicted octanol–water partition coefficient (Wildman–Crippen LogP) is 2.51. The Morgan fingerprint density at radius 3 is 2.41 bits per heavy atom. The third kappa shape index (κ3) is 3.07. The number of likely N-dealkylation sites (tertiary alicyclic amines) is 1. The molecule has 1 aromatic heterocycles. The van der Waals surface area contributed by atoms with Gasteiger partial charge in [-0.2, -0.15) is 10.4 Å². The lowest BCUT2D eigenvalue weighted by molar-refractivity contribution is 0.210. The number of nitriles is 1. The molecule has 5 nitrogen and oxygen atoms in total. The molecule has 3 rings (SSSR count). The van der Waals surface area contributed by atoms with E-state index >= 15 is 0 Å². The molecule has 118 valence electrons. The fourth-order valence-corrected chi connectivity index (χ4v) is 3.44. The first-order valence-electron chi connectivity index (χ1n) is 8.55. The lowest BCUT2D eigenvalue weighted by atomic mass is 10.0. The zero-order valence-corrected chi connectivity index (χ0v) is 13.6. The summed E-state index contributed by atoms with van der Waals surface area (Å²) in [5.74, 6) is 0.682. The topological polar surface area (TPSA) is 64.8 Å². The lowest BCUT2D eigenvalue weighted by Gasteiger charge is -2.32. The second-order valence-electron chi connectivity index (χ2n) is 6.35. The number of nitrogens with one attached hydrogen (secondary N) is 1. The normalized spacial score (nSPS) is 19.9. The van der Waals surface area contributed by atoms with E-state index < -0.39 is 0 Å². The number of aromatic nitrogens is 2. The maximum atomic E-state index is 9.54. The number of rotatable bonds is 5. The largest absolute Gasteiger partial charge is 0.365 e. The highest BCUT2D eigenvalue weighted by Crippen LogP contribution is 2.30. The Hall–Kier alpha value is -1.67. The van der Waals surface area contributed by atoms with Crippen LogP contribution >= 0.6 is 0 Å². The molecule has 1 saturated heterocycles. The van der Waals surface area contributed by atoms with E-state index in [1.807, 2.05) is 0 Å². The Kier molecular flexibility index (Phi) is 4.58. The van der Waals surface area contributed by atoms with Crippen molar-refractivity contribution in [2.24, 2.45) is 0 Å². The molecule has 0 bridgehead atoms. The van der Waals surface area contributed by atoms with E-state index in [1.165, 1.54) is 12.8 Å². The van der Waals surface area contributed by atoms with Gasteiger partial charge < -0.3 is 10.2 Å². The van der Waals surface area contributed by atoms with Crippen LogP contribution in [-0.2, 0) is 12.8 Å². The van der Waals surface area contributed by atoms with Gasteiger partial charge in [0.25, 0.3) is 0 Å². The van der Waals surface area contributed by atoms with Gasteiger partial charge in [0.15, 0.2) is 5.82 Å². The van der Waals surface area contributed by atoms with Crippen molar-refractivity contribution in [2.45, 2.75) is 64.5 Å². The predicted molar refractivity (Wildman–Crippen MR) is 86.7 cm³/mol. The van der Waals surface area contributed by atoms with Crippen LogP contribution in [0.3, 0.4) is 0 Å². The Labute approximate surface area is 132 Å². The van der Waals surface area contributed by atoms with Crippen LogP contribution < -0.4 is 5.32 Å². The Bertz CT molecular complexity index is 565. The average molecular weight is 299 g/mol. The fraction of sp³-hybridized carbons (Fsp3) is 0.706. The summed E-state index contributed by atoms with van der Waals surface area (Å²) >= 11 is 0. The highest BCUT2D eigenvalue weighted by atomic mass is 15.2. The van der Waals surface area contributed by atoms with Crippen molar-refractivity contribution in [1.82, 2.24) is 15.1 Å². The molecule has 0 amide bonds. The maximum Gasteiger partial charge on any atom is 0.167 e. The van der Waals surface area contributed by atoms with Gasteiger partial charge in [0.05, 0.1) is 5.69 Å². The van der Waals surface area contributed by atoms with E-state index in [9.17, 15) is 5.26 Å². The average Bonchev–Trinajstić information content (AvgIpc) is 3.40. The van der Waals surface area contributed by atoms with Crippen LogP contribution in [0.1, 0.15) is 56.4 Å². The Morgan fingerprint density at radius 1 is 1.14 bits per heavy atom. The van der Waals surface area contributed by atoms with Crippen molar-refractivity contribution >= 4 is 5.82 Å². The van der Waals surface area contributed by atoms with E-state index in [0.29, 0.717) is 17.4 Å². The summed E-state index contributed by atoms with van der Waals surface area (Å²) in [4.78, 5) is 2.60. The monoisotopic (exact) mass is 299 g/mol. The van der Waals surface area contributed by atoms with Crippen molar-refractivity contribution in [1.29, 1.82) is 5.26 Å². The molecule has 1 aliphatic heterocycles. The molecule has 22 heavy (non-hydrogen) atoms. The first-order valence-corrected chi connectivity index (χ1v) is 8.55. The fourth-order valence-electron chi connectivity index (χ4n) is 3.44. The van der Waals surface area contributed by atoms with Gasteiger partial charge in [0, 0.05) is 25.2 Å². The molecular weight excluding hydrogens is 274 g/mol. The van der Waals surface area contributed by atoms with Gasteiger partial charge in [-0.3, -0.25) is 0 Å². The van der Waals surface area contributed by atoms with E-state index in [1.54, 1.807) is 0 Å². The van der Waals surface area contributed by atoms with Crippen molar-refractivity contribution in [3.8, 4) is 6.07 Å². The van der Waals surface area contributed by atoms with Crippen LogP contribution in [0.4, 0.5) is 5.82 Å². The quantitative estimate of drug-likeness (QED) is 0.905. The molecule has 0 spiro atoms. The lowest BCUT2D eigenvalue weighted by Crippen LogP contribution is -2.40. The first kappa shape index (κ1) is 15.2. The summed E-state index contributed by atoms with van der Waals surface area (Å²) < 4.78 is 0. The maximum absolute atomic E-state index is 9.54. The van der Waals surface area contributed by atoms with E-state index in [0.717, 1.165) is 56.1 Å². The summed E-state index contributed by atoms with van der Waals surface area (Å²) in [5.41, 5.74) is 2.70. The number of hydrogen-bond acceptors (Lipinski definition) is 5. The number of anilines is 1. The van der Waals surface area contributed by atoms with Gasteiger partial charge in [-0.1, -0.05) is 13.8 Å². The van der Waals surface area contributed by atoms with E-state index in [2.05, 4.69) is 40.3 Å². The van der Waals surface area contributed by atoms with Gasteiger partial charge in [-0.25, -0.2) is 0 Å². The van der Waals surface area contributed by atoms with E-state index in [-0.39, 0.29) is 0 Å². The zero-order valence-electron chi connectivity index (χ0n) is 13.6. The van der Waals surface area contributed by atoms with Crippen LogP contribution in [-0.4, -0.2) is 40.3 Å². The van der Waals surface area contributed by atoms with Crippen LogP contribution in [0.25, 0.3) is 0 Å². The molecule has 0 atom stereocenters. The van der Waals surface area contributed by atoms with Crippen LogP contribution in [0.5, 0.6) is 0 Å². The minimum atomic E-state index is 0.411. The third-order valence-corrected chi connectivity index (χ3v) is 4.89. The smallest absolute Gasteiger partial charge is 0.167 e. The molecule has 1 N–H and O–H groups in total. The Balaban J connectivity index is 1.71. The minimum absolute atomic E-state index is 0.411. The zero-order chi connectivity index (χ0) is 15.5.